The molecule has 128 valence electrons. The molecule has 0 radical (unpaired) electrons. The van der Waals surface area contributed by atoms with Crippen molar-refractivity contribution in [2.45, 2.75) is 39.3 Å². The normalized spacial score (nSPS) is 20.3. The van der Waals surface area contributed by atoms with Gasteiger partial charge in [0.15, 0.2) is 0 Å². The fourth-order valence-corrected chi connectivity index (χ4v) is 2.62. The molecule has 23 heavy (non-hydrogen) atoms. The van der Waals surface area contributed by atoms with Crippen LogP contribution >= 0.6 is 0 Å². The second kappa shape index (κ2) is 7.68. The Morgan fingerprint density at radius 1 is 1.35 bits per heavy atom. The summed E-state index contributed by atoms with van der Waals surface area (Å²) in [7, 11) is 0. The van der Waals surface area contributed by atoms with Gasteiger partial charge in [0.2, 0.25) is 0 Å². The summed E-state index contributed by atoms with van der Waals surface area (Å²) in [6.07, 6.45) is 2.59. The number of ether oxygens (including phenoxy) is 1. The van der Waals surface area contributed by atoms with Gasteiger partial charge in [0.1, 0.15) is 11.6 Å². The molecule has 1 N–H and O–H groups in total. The predicted molar refractivity (Wildman–Crippen MR) is 81.9 cm³/mol. The summed E-state index contributed by atoms with van der Waals surface area (Å²) in [4.78, 5) is 17.5. The number of amides is 2. The van der Waals surface area contributed by atoms with E-state index in [1.165, 1.54) is 0 Å². The van der Waals surface area contributed by atoms with Crippen LogP contribution in [0.1, 0.15) is 38.8 Å². The number of nitrogens with zero attached hydrogens (tertiary/aromatic N) is 2. The molecule has 0 aliphatic carbocycles. The predicted octanol–water partition coefficient (Wildman–Crippen LogP) is 2.88. The maximum absolute atomic E-state index is 13.7. The van der Waals surface area contributed by atoms with E-state index in [2.05, 4.69) is 10.3 Å². The Morgan fingerprint density at radius 3 is 2.61 bits per heavy atom. The van der Waals surface area contributed by atoms with Crippen molar-refractivity contribution in [3.63, 3.8) is 0 Å². The summed E-state index contributed by atoms with van der Waals surface area (Å²) >= 11 is 0. The van der Waals surface area contributed by atoms with E-state index < -0.39 is 17.7 Å². The molecule has 2 amide bonds. The van der Waals surface area contributed by atoms with E-state index in [0.29, 0.717) is 19.7 Å². The molecule has 1 aliphatic heterocycles. The average molecular weight is 327 g/mol. The van der Waals surface area contributed by atoms with Crippen molar-refractivity contribution in [3.05, 3.63) is 29.6 Å². The number of carbonyl (C=O) groups is 1. The van der Waals surface area contributed by atoms with E-state index in [9.17, 15) is 13.6 Å². The minimum Gasteiger partial charge on any atom is -0.376 e. The molecule has 1 aromatic heterocycles. The molecule has 2 atom stereocenters. The fourth-order valence-electron chi connectivity index (χ4n) is 2.62. The van der Waals surface area contributed by atoms with Crippen molar-refractivity contribution >= 4 is 6.03 Å². The first-order valence-corrected chi connectivity index (χ1v) is 7.86. The summed E-state index contributed by atoms with van der Waals surface area (Å²) in [6, 6.07) is -1.13. The molecular formula is C16H23F2N3O2. The Kier molecular flexibility index (Phi) is 5.87. The molecule has 1 aliphatic rings. The van der Waals surface area contributed by atoms with Gasteiger partial charge in [-0.1, -0.05) is 13.8 Å². The summed E-state index contributed by atoms with van der Waals surface area (Å²) in [6.45, 7) is 7.26. The molecular weight excluding hydrogens is 304 g/mol. The zero-order chi connectivity index (χ0) is 17.0. The number of halogens is 2. The number of urea groups is 1. The van der Waals surface area contributed by atoms with Crippen molar-refractivity contribution in [1.29, 1.82) is 0 Å². The average Bonchev–Trinajstić information content (AvgIpc) is 2.73. The van der Waals surface area contributed by atoms with Gasteiger partial charge in [0, 0.05) is 25.3 Å². The number of nitrogens with one attached hydrogen (secondary N) is 1. The van der Waals surface area contributed by atoms with Crippen molar-refractivity contribution in [3.8, 4) is 0 Å². The highest BCUT2D eigenvalue weighted by Gasteiger charge is 2.26. The second-order valence-electron chi connectivity index (χ2n) is 6.14. The first-order valence-electron chi connectivity index (χ1n) is 7.86. The van der Waals surface area contributed by atoms with E-state index in [0.717, 1.165) is 18.8 Å². The van der Waals surface area contributed by atoms with E-state index in [-0.39, 0.29) is 23.6 Å². The zero-order valence-corrected chi connectivity index (χ0v) is 13.7. The third kappa shape index (κ3) is 4.37. The van der Waals surface area contributed by atoms with E-state index in [4.69, 9.17) is 4.74 Å². The van der Waals surface area contributed by atoms with Gasteiger partial charge in [0.05, 0.1) is 24.5 Å². The number of carbonyl (C=O) groups excluding carboxylic acids is 1. The Balaban J connectivity index is 2.05. The minimum absolute atomic E-state index is 0.0343. The van der Waals surface area contributed by atoms with Gasteiger partial charge in [-0.3, -0.25) is 4.98 Å². The molecule has 0 aromatic carbocycles. The van der Waals surface area contributed by atoms with Gasteiger partial charge < -0.3 is 15.0 Å². The topological polar surface area (TPSA) is 54.5 Å². The first kappa shape index (κ1) is 17.6. The number of pyridine rings is 1. The molecule has 1 saturated heterocycles. The standard InChI is InChI=1S/C16H23F2N3O2/c1-10(2)14-9-21(5-4-6-23-14)16(22)20-11(3)15-12(17)7-19-8-13(15)18/h7-8,10-11,14H,4-6,9H2,1-3H3,(H,20,22). The van der Waals surface area contributed by atoms with Crippen molar-refractivity contribution in [2.24, 2.45) is 5.92 Å². The molecule has 2 rings (SSSR count). The number of aromatic nitrogens is 1. The maximum Gasteiger partial charge on any atom is 0.317 e. The van der Waals surface area contributed by atoms with E-state index in [1.54, 1.807) is 11.8 Å². The van der Waals surface area contributed by atoms with Crippen LogP contribution < -0.4 is 5.32 Å². The van der Waals surface area contributed by atoms with Crippen molar-refractivity contribution in [1.82, 2.24) is 15.2 Å². The van der Waals surface area contributed by atoms with Gasteiger partial charge >= 0.3 is 6.03 Å². The Morgan fingerprint density at radius 2 is 2.00 bits per heavy atom. The zero-order valence-electron chi connectivity index (χ0n) is 13.7. The molecule has 7 heteroatoms. The lowest BCUT2D eigenvalue weighted by Gasteiger charge is -2.27. The van der Waals surface area contributed by atoms with Crippen LogP contribution in [0.3, 0.4) is 0 Å². The Bertz CT molecular complexity index is 534. The molecule has 2 heterocycles. The quantitative estimate of drug-likeness (QED) is 0.929. The molecule has 1 fully saturated rings. The van der Waals surface area contributed by atoms with Gasteiger partial charge in [-0.15, -0.1) is 0 Å². The smallest absolute Gasteiger partial charge is 0.317 e. The van der Waals surface area contributed by atoms with Crippen LogP contribution in [0.15, 0.2) is 12.4 Å². The minimum atomic E-state index is -0.785. The number of hydrogen-bond acceptors (Lipinski definition) is 3. The van der Waals surface area contributed by atoms with Crippen LogP contribution in [0.2, 0.25) is 0 Å². The third-order valence-corrected chi connectivity index (χ3v) is 4.00. The Labute approximate surface area is 135 Å². The van der Waals surface area contributed by atoms with Crippen LogP contribution in [-0.4, -0.2) is 41.7 Å². The Hall–Kier alpha value is -1.76. The first-order chi connectivity index (χ1) is 10.9. The highest BCUT2D eigenvalue weighted by molar-refractivity contribution is 5.74. The summed E-state index contributed by atoms with van der Waals surface area (Å²) in [5.74, 6) is -1.25. The van der Waals surface area contributed by atoms with Crippen LogP contribution in [0.25, 0.3) is 0 Å². The molecule has 2 unspecified atom stereocenters. The van der Waals surface area contributed by atoms with E-state index >= 15 is 0 Å². The van der Waals surface area contributed by atoms with Gasteiger partial charge in [0.25, 0.3) is 0 Å². The highest BCUT2D eigenvalue weighted by Crippen LogP contribution is 2.20. The van der Waals surface area contributed by atoms with Crippen LogP contribution in [0.5, 0.6) is 0 Å². The molecule has 0 bridgehead atoms. The van der Waals surface area contributed by atoms with Crippen LogP contribution in [-0.2, 0) is 4.74 Å². The molecule has 5 nitrogen and oxygen atoms in total. The SMILES string of the molecule is CC(NC(=O)N1CCCOC(C(C)C)C1)c1c(F)cncc1F. The van der Waals surface area contributed by atoms with Crippen molar-refractivity contribution < 1.29 is 18.3 Å². The number of rotatable bonds is 3. The monoisotopic (exact) mass is 327 g/mol. The summed E-state index contributed by atoms with van der Waals surface area (Å²) in [5.41, 5.74) is -0.181. The molecule has 1 aromatic rings. The second-order valence-corrected chi connectivity index (χ2v) is 6.14. The maximum atomic E-state index is 13.7. The lowest BCUT2D eigenvalue weighted by molar-refractivity contribution is 0.0266. The largest absolute Gasteiger partial charge is 0.376 e. The van der Waals surface area contributed by atoms with Gasteiger partial charge in [-0.25, -0.2) is 13.6 Å². The lowest BCUT2D eigenvalue weighted by atomic mass is 10.1. The fraction of sp³-hybridized carbons (Fsp3) is 0.625. The third-order valence-electron chi connectivity index (χ3n) is 4.00. The number of hydrogen-bond donors (Lipinski definition) is 1. The molecule has 0 saturated carbocycles. The van der Waals surface area contributed by atoms with Gasteiger partial charge in [-0.05, 0) is 19.3 Å². The lowest BCUT2D eigenvalue weighted by Crippen LogP contribution is -2.45. The van der Waals surface area contributed by atoms with E-state index in [1.807, 2.05) is 13.8 Å². The molecule has 0 spiro atoms. The summed E-state index contributed by atoms with van der Waals surface area (Å²) in [5, 5.41) is 2.66. The van der Waals surface area contributed by atoms with Crippen LogP contribution in [0.4, 0.5) is 13.6 Å². The summed E-state index contributed by atoms with van der Waals surface area (Å²) < 4.78 is 33.2. The van der Waals surface area contributed by atoms with Gasteiger partial charge in [-0.2, -0.15) is 0 Å². The van der Waals surface area contributed by atoms with Crippen LogP contribution in [0, 0.1) is 17.6 Å². The van der Waals surface area contributed by atoms with Crippen molar-refractivity contribution in [2.75, 3.05) is 19.7 Å². The highest BCUT2D eigenvalue weighted by atomic mass is 19.1.